The van der Waals surface area contributed by atoms with Crippen LogP contribution in [0.1, 0.15) is 5.56 Å². The first-order valence-electron chi connectivity index (χ1n) is 4.49. The van der Waals surface area contributed by atoms with Crippen molar-refractivity contribution in [3.8, 4) is 0 Å². The molecular weight excluding hydrogens is 214 g/mol. The molecule has 6 heteroatoms. The SMILES string of the molecule is O=[N+]([O-])c1ccccc1C=C(O)C(O)CO. The van der Waals surface area contributed by atoms with E-state index in [1.54, 1.807) is 6.07 Å². The maximum absolute atomic E-state index is 10.6. The van der Waals surface area contributed by atoms with Crippen LogP contribution >= 0.6 is 0 Å². The average molecular weight is 225 g/mol. The van der Waals surface area contributed by atoms with Gasteiger partial charge < -0.3 is 15.3 Å². The first-order valence-corrected chi connectivity index (χ1v) is 4.49. The molecule has 0 saturated carbocycles. The van der Waals surface area contributed by atoms with Crippen LogP contribution in [0.5, 0.6) is 0 Å². The number of nitro groups is 1. The molecule has 0 bridgehead atoms. The van der Waals surface area contributed by atoms with Crippen molar-refractivity contribution in [1.29, 1.82) is 0 Å². The van der Waals surface area contributed by atoms with Gasteiger partial charge in [-0.05, 0) is 12.1 Å². The Kier molecular flexibility index (Phi) is 3.98. The highest BCUT2D eigenvalue weighted by Gasteiger charge is 2.13. The zero-order chi connectivity index (χ0) is 12.1. The smallest absolute Gasteiger partial charge is 0.276 e. The maximum atomic E-state index is 10.6. The molecule has 1 unspecified atom stereocenters. The molecule has 86 valence electrons. The van der Waals surface area contributed by atoms with E-state index < -0.39 is 23.4 Å². The van der Waals surface area contributed by atoms with Gasteiger partial charge in [0.05, 0.1) is 17.1 Å². The number of rotatable bonds is 4. The molecule has 0 aliphatic rings. The fourth-order valence-corrected chi connectivity index (χ4v) is 1.12. The lowest BCUT2D eigenvalue weighted by Crippen LogP contribution is -2.14. The summed E-state index contributed by atoms with van der Waals surface area (Å²) in [6.07, 6.45) is -0.376. The minimum Gasteiger partial charge on any atom is -0.509 e. The van der Waals surface area contributed by atoms with Crippen molar-refractivity contribution in [2.75, 3.05) is 6.61 Å². The summed E-state index contributed by atoms with van der Waals surface area (Å²) in [4.78, 5) is 10.0. The Morgan fingerprint density at radius 1 is 1.50 bits per heavy atom. The molecule has 1 rings (SSSR count). The normalized spacial score (nSPS) is 13.5. The second-order valence-electron chi connectivity index (χ2n) is 3.08. The Labute approximate surface area is 91.2 Å². The van der Waals surface area contributed by atoms with Crippen LogP contribution < -0.4 is 0 Å². The van der Waals surface area contributed by atoms with Gasteiger partial charge in [-0.2, -0.15) is 0 Å². The van der Waals surface area contributed by atoms with E-state index in [1.807, 2.05) is 0 Å². The molecule has 6 nitrogen and oxygen atoms in total. The van der Waals surface area contributed by atoms with Gasteiger partial charge >= 0.3 is 0 Å². The summed E-state index contributed by atoms with van der Waals surface area (Å²) in [5, 5.41) is 37.6. The summed E-state index contributed by atoms with van der Waals surface area (Å²) in [7, 11) is 0. The Hall–Kier alpha value is -1.92. The predicted octanol–water partition coefficient (Wildman–Crippen LogP) is 0.847. The summed E-state index contributed by atoms with van der Waals surface area (Å²) < 4.78 is 0. The molecule has 0 aromatic heterocycles. The summed E-state index contributed by atoms with van der Waals surface area (Å²) in [6, 6.07) is 5.77. The van der Waals surface area contributed by atoms with Crippen molar-refractivity contribution < 1.29 is 20.2 Å². The van der Waals surface area contributed by atoms with Gasteiger partial charge in [-0.15, -0.1) is 0 Å². The number of hydrogen-bond donors (Lipinski definition) is 3. The fourth-order valence-electron chi connectivity index (χ4n) is 1.12. The van der Waals surface area contributed by atoms with Gasteiger partial charge in [-0.3, -0.25) is 10.1 Å². The maximum Gasteiger partial charge on any atom is 0.276 e. The molecule has 3 N–H and O–H groups in total. The van der Waals surface area contributed by atoms with E-state index in [2.05, 4.69) is 0 Å². The zero-order valence-electron chi connectivity index (χ0n) is 8.28. The second-order valence-corrected chi connectivity index (χ2v) is 3.08. The molecule has 0 spiro atoms. The van der Waals surface area contributed by atoms with E-state index >= 15 is 0 Å². The quantitative estimate of drug-likeness (QED) is 0.400. The van der Waals surface area contributed by atoms with E-state index in [9.17, 15) is 15.2 Å². The largest absolute Gasteiger partial charge is 0.509 e. The average Bonchev–Trinajstić information content (AvgIpc) is 2.28. The van der Waals surface area contributed by atoms with Crippen molar-refractivity contribution in [3.05, 3.63) is 45.7 Å². The Morgan fingerprint density at radius 2 is 2.12 bits per heavy atom. The van der Waals surface area contributed by atoms with Crippen LogP contribution in [0.2, 0.25) is 0 Å². The van der Waals surface area contributed by atoms with Gasteiger partial charge in [-0.25, -0.2) is 0 Å². The minimum atomic E-state index is -1.43. The van der Waals surface area contributed by atoms with Crippen LogP contribution in [0.15, 0.2) is 30.0 Å². The number of aliphatic hydroxyl groups is 3. The first kappa shape index (κ1) is 12.2. The van der Waals surface area contributed by atoms with Crippen molar-refractivity contribution in [2.45, 2.75) is 6.10 Å². The van der Waals surface area contributed by atoms with Crippen LogP contribution in [-0.4, -0.2) is 33.0 Å². The van der Waals surface area contributed by atoms with Crippen LogP contribution in [0.4, 0.5) is 5.69 Å². The molecule has 0 amide bonds. The predicted molar refractivity (Wildman–Crippen MR) is 56.8 cm³/mol. The van der Waals surface area contributed by atoms with Crippen molar-refractivity contribution >= 4 is 11.8 Å². The number of nitrogens with zero attached hydrogens (tertiary/aromatic N) is 1. The molecular formula is C10H11NO5. The van der Waals surface area contributed by atoms with Gasteiger partial charge in [0.1, 0.15) is 11.9 Å². The molecule has 0 fully saturated rings. The van der Waals surface area contributed by atoms with Crippen LogP contribution in [0.25, 0.3) is 6.08 Å². The van der Waals surface area contributed by atoms with Crippen LogP contribution in [0, 0.1) is 10.1 Å². The molecule has 0 aliphatic carbocycles. The van der Waals surface area contributed by atoms with Gasteiger partial charge in [-0.1, -0.05) is 12.1 Å². The highest BCUT2D eigenvalue weighted by Crippen LogP contribution is 2.20. The number of hydrogen-bond acceptors (Lipinski definition) is 5. The number of aliphatic hydroxyl groups excluding tert-OH is 3. The molecule has 1 aromatic carbocycles. The van der Waals surface area contributed by atoms with E-state index in [0.29, 0.717) is 0 Å². The minimum absolute atomic E-state index is 0.164. The standard InChI is InChI=1S/C10H11NO5/c12-6-10(14)9(13)5-7-3-1-2-4-8(7)11(15)16/h1-5,10,12-14H,6H2. The van der Waals surface area contributed by atoms with Crippen LogP contribution in [0.3, 0.4) is 0 Å². The van der Waals surface area contributed by atoms with Crippen molar-refractivity contribution in [1.82, 2.24) is 0 Å². The zero-order valence-corrected chi connectivity index (χ0v) is 8.28. The third kappa shape index (κ3) is 2.78. The van der Waals surface area contributed by atoms with E-state index in [1.165, 1.54) is 18.2 Å². The Bertz CT molecular complexity index is 415. The molecule has 16 heavy (non-hydrogen) atoms. The molecule has 0 heterocycles. The van der Waals surface area contributed by atoms with Crippen LogP contribution in [-0.2, 0) is 0 Å². The monoisotopic (exact) mass is 225 g/mol. The van der Waals surface area contributed by atoms with E-state index in [4.69, 9.17) is 10.2 Å². The third-order valence-electron chi connectivity index (χ3n) is 1.95. The van der Waals surface area contributed by atoms with Gasteiger partial charge in [0.25, 0.3) is 5.69 Å². The molecule has 0 radical (unpaired) electrons. The van der Waals surface area contributed by atoms with Gasteiger partial charge in [0.15, 0.2) is 0 Å². The van der Waals surface area contributed by atoms with Gasteiger partial charge in [0.2, 0.25) is 0 Å². The summed E-state index contributed by atoms with van der Waals surface area (Å²) in [6.45, 7) is -0.650. The first-order chi connectivity index (χ1) is 7.56. The van der Waals surface area contributed by atoms with E-state index in [-0.39, 0.29) is 11.3 Å². The summed E-state index contributed by atoms with van der Waals surface area (Å²) in [5.41, 5.74) is -0.0170. The Morgan fingerprint density at radius 3 is 2.69 bits per heavy atom. The molecule has 0 saturated heterocycles. The summed E-state index contributed by atoms with van der Waals surface area (Å²) >= 11 is 0. The van der Waals surface area contributed by atoms with Crippen molar-refractivity contribution in [2.24, 2.45) is 0 Å². The highest BCUT2D eigenvalue weighted by molar-refractivity contribution is 5.62. The lowest BCUT2D eigenvalue weighted by atomic mass is 10.1. The Balaban J connectivity index is 3.09. The topological polar surface area (TPSA) is 104 Å². The number of para-hydroxylation sites is 1. The fraction of sp³-hybridized carbons (Fsp3) is 0.200. The highest BCUT2D eigenvalue weighted by atomic mass is 16.6. The number of nitro benzene ring substituents is 1. The second kappa shape index (κ2) is 5.24. The molecule has 1 aromatic rings. The van der Waals surface area contributed by atoms with E-state index in [0.717, 1.165) is 6.08 Å². The number of benzene rings is 1. The third-order valence-corrected chi connectivity index (χ3v) is 1.95. The lowest BCUT2D eigenvalue weighted by Gasteiger charge is -2.05. The van der Waals surface area contributed by atoms with Gasteiger partial charge in [0, 0.05) is 6.07 Å². The lowest BCUT2D eigenvalue weighted by molar-refractivity contribution is -0.385. The molecule has 0 aliphatic heterocycles. The van der Waals surface area contributed by atoms with Crippen molar-refractivity contribution in [3.63, 3.8) is 0 Å². The summed E-state index contributed by atoms with van der Waals surface area (Å²) in [5.74, 6) is -0.517. The molecule has 1 atom stereocenters.